The van der Waals surface area contributed by atoms with Crippen LogP contribution < -0.4 is 5.32 Å². The largest absolute Gasteiger partial charge is 0.360 e. The number of H-pyrrole nitrogens is 1. The van der Waals surface area contributed by atoms with E-state index in [1.807, 2.05) is 18.2 Å². The summed E-state index contributed by atoms with van der Waals surface area (Å²) in [4.78, 5) is 16.5. The molecule has 2 aromatic heterocycles. The summed E-state index contributed by atoms with van der Waals surface area (Å²) in [6.07, 6.45) is 4.72. The van der Waals surface area contributed by atoms with Crippen molar-refractivity contribution in [3.63, 3.8) is 0 Å². The van der Waals surface area contributed by atoms with Crippen LogP contribution in [0.2, 0.25) is 5.02 Å². The molecular formula is C24H22ClN3O2. The maximum Gasteiger partial charge on any atom is 0.257 e. The number of hydrogen-bond donors (Lipinski definition) is 2. The fourth-order valence-electron chi connectivity index (χ4n) is 4.31. The van der Waals surface area contributed by atoms with Crippen LogP contribution in [0.15, 0.2) is 47.0 Å². The van der Waals surface area contributed by atoms with Crippen LogP contribution >= 0.6 is 11.6 Å². The summed E-state index contributed by atoms with van der Waals surface area (Å²) in [6.45, 7) is 2.17. The number of nitrogens with zero attached hydrogens (tertiary/aromatic N) is 1. The fourth-order valence-corrected chi connectivity index (χ4v) is 4.54. The molecule has 4 aromatic rings. The number of benzene rings is 2. The minimum Gasteiger partial charge on any atom is -0.360 e. The number of fused-ring (bicyclic) bond motifs is 3. The molecule has 0 bridgehead atoms. The summed E-state index contributed by atoms with van der Waals surface area (Å²) >= 11 is 6.30. The molecule has 5 nitrogen and oxygen atoms in total. The van der Waals surface area contributed by atoms with Gasteiger partial charge in [0.2, 0.25) is 0 Å². The van der Waals surface area contributed by atoms with Crippen LogP contribution in [-0.2, 0) is 19.4 Å². The van der Waals surface area contributed by atoms with Crippen molar-refractivity contribution in [2.24, 2.45) is 0 Å². The smallest absolute Gasteiger partial charge is 0.257 e. The standard InChI is InChI=1S/C24H22ClN3O2/c1-14-22(23(28-30-14)17-7-2-4-8-19(17)25)24(29)26-13-15-10-11-21-18(12-15)16-6-3-5-9-20(16)27-21/h2,4,7-8,10-12,27H,3,5-6,9,13H2,1H3,(H,26,29). The van der Waals surface area contributed by atoms with Crippen molar-refractivity contribution in [2.75, 3.05) is 0 Å². The molecule has 0 unspecified atom stereocenters. The van der Waals surface area contributed by atoms with E-state index in [4.69, 9.17) is 16.1 Å². The predicted octanol–water partition coefficient (Wildman–Crippen LogP) is 5.59. The van der Waals surface area contributed by atoms with E-state index in [2.05, 4.69) is 33.7 Å². The molecular weight excluding hydrogens is 398 g/mol. The van der Waals surface area contributed by atoms with Gasteiger partial charge in [-0.1, -0.05) is 41.0 Å². The second kappa shape index (κ2) is 7.65. The van der Waals surface area contributed by atoms with E-state index in [0.29, 0.717) is 34.1 Å². The van der Waals surface area contributed by atoms with E-state index in [1.165, 1.54) is 35.0 Å². The number of halogens is 1. The average Bonchev–Trinajstić information content (AvgIpc) is 3.32. The molecule has 6 heteroatoms. The van der Waals surface area contributed by atoms with Gasteiger partial charge in [-0.05, 0) is 61.9 Å². The molecule has 0 fully saturated rings. The Hall–Kier alpha value is -3.05. The van der Waals surface area contributed by atoms with Crippen molar-refractivity contribution in [3.8, 4) is 11.3 Å². The van der Waals surface area contributed by atoms with Crippen molar-refractivity contribution in [2.45, 2.75) is 39.2 Å². The third-order valence-corrected chi connectivity index (χ3v) is 6.16. The number of carbonyl (C=O) groups excluding carboxylic acids is 1. The van der Waals surface area contributed by atoms with Crippen LogP contribution in [0.4, 0.5) is 0 Å². The number of aryl methyl sites for hydroxylation is 3. The van der Waals surface area contributed by atoms with Gasteiger partial charge < -0.3 is 14.8 Å². The molecule has 152 valence electrons. The quantitative estimate of drug-likeness (QED) is 0.452. The van der Waals surface area contributed by atoms with Gasteiger partial charge in [0.05, 0.1) is 5.02 Å². The summed E-state index contributed by atoms with van der Waals surface area (Å²) in [6, 6.07) is 13.7. The molecule has 0 atom stereocenters. The highest BCUT2D eigenvalue weighted by molar-refractivity contribution is 6.33. The third-order valence-electron chi connectivity index (χ3n) is 5.83. The second-order valence-electron chi connectivity index (χ2n) is 7.79. The zero-order valence-corrected chi connectivity index (χ0v) is 17.5. The molecule has 0 saturated heterocycles. The molecule has 0 radical (unpaired) electrons. The molecule has 0 aliphatic heterocycles. The number of carbonyl (C=O) groups is 1. The first-order valence-corrected chi connectivity index (χ1v) is 10.6. The third kappa shape index (κ3) is 3.29. The lowest BCUT2D eigenvalue weighted by atomic mass is 9.95. The van der Waals surface area contributed by atoms with Gasteiger partial charge in [-0.25, -0.2) is 0 Å². The van der Waals surface area contributed by atoms with Crippen molar-refractivity contribution in [3.05, 3.63) is 75.6 Å². The van der Waals surface area contributed by atoms with Crippen LogP contribution in [0, 0.1) is 6.92 Å². The minimum absolute atomic E-state index is 0.222. The highest BCUT2D eigenvalue weighted by Gasteiger charge is 2.23. The highest BCUT2D eigenvalue weighted by atomic mass is 35.5. The second-order valence-corrected chi connectivity index (χ2v) is 8.20. The number of rotatable bonds is 4. The fraction of sp³-hybridized carbons (Fsp3) is 0.250. The number of nitrogens with one attached hydrogen (secondary N) is 2. The monoisotopic (exact) mass is 419 g/mol. The SMILES string of the molecule is Cc1onc(-c2ccccc2Cl)c1C(=O)NCc1ccc2[nH]c3c(c2c1)CCCC3. The summed E-state index contributed by atoms with van der Waals surface area (Å²) in [5.74, 6) is 0.248. The Morgan fingerprint density at radius 2 is 2.03 bits per heavy atom. The van der Waals surface area contributed by atoms with Gasteiger partial charge in [0.15, 0.2) is 0 Å². The lowest BCUT2D eigenvalue weighted by molar-refractivity contribution is 0.0950. The van der Waals surface area contributed by atoms with Crippen molar-refractivity contribution in [1.29, 1.82) is 0 Å². The summed E-state index contributed by atoms with van der Waals surface area (Å²) in [5.41, 5.74) is 6.60. The normalized spacial score (nSPS) is 13.4. The average molecular weight is 420 g/mol. The van der Waals surface area contributed by atoms with E-state index in [-0.39, 0.29) is 5.91 Å². The molecule has 2 heterocycles. The molecule has 1 aliphatic carbocycles. The first-order valence-electron chi connectivity index (χ1n) is 10.2. The molecule has 2 N–H and O–H groups in total. The highest BCUT2D eigenvalue weighted by Crippen LogP contribution is 2.32. The Balaban J connectivity index is 1.40. The Morgan fingerprint density at radius 3 is 2.90 bits per heavy atom. The van der Waals surface area contributed by atoms with E-state index < -0.39 is 0 Å². The van der Waals surface area contributed by atoms with Crippen molar-refractivity contribution < 1.29 is 9.32 Å². The van der Waals surface area contributed by atoms with Crippen molar-refractivity contribution in [1.82, 2.24) is 15.5 Å². The van der Waals surface area contributed by atoms with Crippen LogP contribution in [0.3, 0.4) is 0 Å². The molecule has 1 aliphatic rings. The summed E-state index contributed by atoms with van der Waals surface area (Å²) in [5, 5.41) is 8.90. The number of amides is 1. The van der Waals surface area contributed by atoms with Crippen LogP contribution in [0.1, 0.15) is 45.8 Å². The molecule has 0 saturated carbocycles. The lowest BCUT2D eigenvalue weighted by Crippen LogP contribution is -2.23. The maximum absolute atomic E-state index is 13.0. The van der Waals surface area contributed by atoms with Gasteiger partial charge in [0.1, 0.15) is 17.0 Å². The number of hydrogen-bond acceptors (Lipinski definition) is 3. The Bertz CT molecular complexity index is 1250. The zero-order valence-electron chi connectivity index (χ0n) is 16.7. The summed E-state index contributed by atoms with van der Waals surface area (Å²) < 4.78 is 5.31. The molecule has 2 aromatic carbocycles. The Labute approximate surface area is 179 Å². The Kier molecular flexibility index (Phi) is 4.83. The lowest BCUT2D eigenvalue weighted by Gasteiger charge is -2.11. The van der Waals surface area contributed by atoms with E-state index in [9.17, 15) is 4.79 Å². The molecule has 1 amide bonds. The minimum atomic E-state index is -0.222. The topological polar surface area (TPSA) is 70.9 Å². The van der Waals surface area contributed by atoms with E-state index in [1.54, 1.807) is 13.0 Å². The van der Waals surface area contributed by atoms with E-state index >= 15 is 0 Å². The van der Waals surface area contributed by atoms with Gasteiger partial charge in [-0.3, -0.25) is 4.79 Å². The van der Waals surface area contributed by atoms with Gasteiger partial charge in [0, 0.05) is 28.7 Å². The molecule has 0 spiro atoms. The predicted molar refractivity (Wildman–Crippen MR) is 118 cm³/mol. The van der Waals surface area contributed by atoms with Gasteiger partial charge in [0.25, 0.3) is 5.91 Å². The zero-order chi connectivity index (χ0) is 20.7. The molecule has 30 heavy (non-hydrogen) atoms. The van der Waals surface area contributed by atoms with Crippen molar-refractivity contribution >= 4 is 28.4 Å². The molecule has 5 rings (SSSR count). The van der Waals surface area contributed by atoms with Gasteiger partial charge in [-0.15, -0.1) is 0 Å². The van der Waals surface area contributed by atoms with Crippen LogP contribution in [0.25, 0.3) is 22.2 Å². The number of aromatic amines is 1. The maximum atomic E-state index is 13.0. The van der Waals surface area contributed by atoms with E-state index in [0.717, 1.165) is 18.4 Å². The van der Waals surface area contributed by atoms with Crippen LogP contribution in [-0.4, -0.2) is 16.0 Å². The number of aromatic nitrogens is 2. The Morgan fingerprint density at radius 1 is 1.20 bits per heavy atom. The van der Waals surface area contributed by atoms with Gasteiger partial charge in [-0.2, -0.15) is 0 Å². The van der Waals surface area contributed by atoms with Gasteiger partial charge >= 0.3 is 0 Å². The van der Waals surface area contributed by atoms with Crippen LogP contribution in [0.5, 0.6) is 0 Å². The first kappa shape index (κ1) is 18.9. The first-order chi connectivity index (χ1) is 14.6. The summed E-state index contributed by atoms with van der Waals surface area (Å²) in [7, 11) is 0.